The molecule has 0 spiro atoms. The number of alkyl halides is 2. The molecule has 0 saturated heterocycles. The summed E-state index contributed by atoms with van der Waals surface area (Å²) in [5.74, 6) is -3.46. The molecule has 0 aliphatic carbocycles. The van der Waals surface area contributed by atoms with Crippen LogP contribution in [-0.4, -0.2) is 51.5 Å². The average Bonchev–Trinajstić information content (AvgIpc) is 2.10. The Hall–Kier alpha value is -1.44. The van der Waals surface area contributed by atoms with Crippen LogP contribution in [0, 0.1) is 0 Å². The maximum Gasteiger partial charge on any atom is 0.417 e. The smallest absolute Gasteiger partial charge is 0.417 e. The molecule has 0 fully saturated rings. The monoisotopic (exact) mass is 227 g/mol. The topological polar surface area (TPSA) is 98.1 Å². The van der Waals surface area contributed by atoms with Crippen LogP contribution in [0.5, 0.6) is 0 Å². The standard InChI is InChI=1S/C7H11F2NO5/c8-7(9,2-1-3-11)4-10(5(12)13)6(14)15/h11H,1-4H2,(H,12,13)(H,14,15). The first-order valence-electron chi connectivity index (χ1n) is 4.02. The normalized spacial score (nSPS) is 11.1. The van der Waals surface area contributed by atoms with Gasteiger partial charge in [-0.25, -0.2) is 23.3 Å². The number of nitrogens with zero attached hydrogens (tertiary/aromatic N) is 1. The minimum Gasteiger partial charge on any atom is -0.465 e. The summed E-state index contributed by atoms with van der Waals surface area (Å²) in [6, 6.07) is 0. The molecule has 0 radical (unpaired) electrons. The van der Waals surface area contributed by atoms with Crippen molar-refractivity contribution in [2.45, 2.75) is 18.8 Å². The lowest BCUT2D eigenvalue weighted by Crippen LogP contribution is -2.43. The van der Waals surface area contributed by atoms with E-state index in [9.17, 15) is 18.4 Å². The highest BCUT2D eigenvalue weighted by Gasteiger charge is 2.36. The van der Waals surface area contributed by atoms with Gasteiger partial charge in [-0.2, -0.15) is 0 Å². The molecule has 0 aromatic heterocycles. The van der Waals surface area contributed by atoms with E-state index in [-0.39, 0.29) is 6.42 Å². The molecule has 3 N–H and O–H groups in total. The molecule has 0 aromatic carbocycles. The second-order valence-electron chi connectivity index (χ2n) is 2.83. The van der Waals surface area contributed by atoms with Crippen LogP contribution >= 0.6 is 0 Å². The third-order valence-corrected chi connectivity index (χ3v) is 1.55. The number of carbonyl (C=O) groups is 2. The number of rotatable bonds is 5. The third-order valence-electron chi connectivity index (χ3n) is 1.55. The van der Waals surface area contributed by atoms with Crippen molar-refractivity contribution in [3.8, 4) is 0 Å². The summed E-state index contributed by atoms with van der Waals surface area (Å²) in [7, 11) is 0. The molecule has 15 heavy (non-hydrogen) atoms. The molecule has 0 heterocycles. The fourth-order valence-corrected chi connectivity index (χ4v) is 0.865. The number of hydrogen-bond donors (Lipinski definition) is 3. The molecule has 0 atom stereocenters. The van der Waals surface area contributed by atoms with Gasteiger partial charge in [-0.3, -0.25) is 0 Å². The van der Waals surface area contributed by atoms with E-state index >= 15 is 0 Å². The van der Waals surface area contributed by atoms with Crippen LogP contribution in [0.1, 0.15) is 12.8 Å². The van der Waals surface area contributed by atoms with Gasteiger partial charge in [-0.1, -0.05) is 0 Å². The predicted molar refractivity (Wildman–Crippen MR) is 44.0 cm³/mol. The Morgan fingerprint density at radius 3 is 2.00 bits per heavy atom. The van der Waals surface area contributed by atoms with Gasteiger partial charge in [0, 0.05) is 13.0 Å². The van der Waals surface area contributed by atoms with Crippen molar-refractivity contribution in [2.24, 2.45) is 0 Å². The first kappa shape index (κ1) is 13.6. The highest BCUT2D eigenvalue weighted by atomic mass is 19.3. The van der Waals surface area contributed by atoms with E-state index in [0.717, 1.165) is 0 Å². The van der Waals surface area contributed by atoms with Crippen LogP contribution in [0.2, 0.25) is 0 Å². The van der Waals surface area contributed by atoms with Crippen LogP contribution < -0.4 is 0 Å². The molecular weight excluding hydrogens is 216 g/mol. The molecule has 88 valence electrons. The van der Waals surface area contributed by atoms with Gasteiger partial charge in [0.05, 0.1) is 6.54 Å². The van der Waals surface area contributed by atoms with Gasteiger partial charge in [-0.15, -0.1) is 0 Å². The van der Waals surface area contributed by atoms with Gasteiger partial charge in [-0.05, 0) is 6.42 Å². The summed E-state index contributed by atoms with van der Waals surface area (Å²) in [6.07, 6.45) is -4.89. The summed E-state index contributed by atoms with van der Waals surface area (Å²) < 4.78 is 25.8. The van der Waals surface area contributed by atoms with Crippen molar-refractivity contribution in [3.63, 3.8) is 0 Å². The second-order valence-corrected chi connectivity index (χ2v) is 2.83. The molecule has 2 amide bonds. The second kappa shape index (κ2) is 5.44. The Balaban J connectivity index is 4.38. The van der Waals surface area contributed by atoms with E-state index in [2.05, 4.69) is 0 Å². The summed E-state index contributed by atoms with van der Waals surface area (Å²) in [5.41, 5.74) is 0. The first-order valence-corrected chi connectivity index (χ1v) is 4.02. The van der Waals surface area contributed by atoms with Crippen molar-refractivity contribution >= 4 is 12.2 Å². The fraction of sp³-hybridized carbons (Fsp3) is 0.714. The Morgan fingerprint density at radius 1 is 1.20 bits per heavy atom. The summed E-state index contributed by atoms with van der Waals surface area (Å²) in [5, 5.41) is 24.9. The SMILES string of the molecule is O=C(O)N(CC(F)(F)CCCO)C(=O)O. The van der Waals surface area contributed by atoms with Crippen LogP contribution in [0.25, 0.3) is 0 Å². The van der Waals surface area contributed by atoms with E-state index in [1.54, 1.807) is 0 Å². The molecule has 0 bridgehead atoms. The number of imide groups is 1. The van der Waals surface area contributed by atoms with Crippen LogP contribution in [0.15, 0.2) is 0 Å². The van der Waals surface area contributed by atoms with Crippen molar-refractivity contribution in [2.75, 3.05) is 13.2 Å². The van der Waals surface area contributed by atoms with Crippen molar-refractivity contribution < 1.29 is 33.7 Å². The van der Waals surface area contributed by atoms with Crippen molar-refractivity contribution in [1.29, 1.82) is 0 Å². The van der Waals surface area contributed by atoms with E-state index in [1.165, 1.54) is 0 Å². The minimum atomic E-state index is -3.46. The average molecular weight is 227 g/mol. The minimum absolute atomic E-state index is 0.222. The maximum atomic E-state index is 12.9. The van der Waals surface area contributed by atoms with E-state index in [1.807, 2.05) is 0 Å². The lowest BCUT2D eigenvalue weighted by Gasteiger charge is -2.21. The number of carboxylic acid groups (broad SMARTS) is 2. The van der Waals surface area contributed by atoms with Gasteiger partial charge in [0.1, 0.15) is 0 Å². The zero-order valence-corrected chi connectivity index (χ0v) is 7.69. The Bertz CT molecular complexity index is 232. The van der Waals surface area contributed by atoms with Crippen molar-refractivity contribution in [3.05, 3.63) is 0 Å². The first-order chi connectivity index (χ1) is 6.80. The van der Waals surface area contributed by atoms with Gasteiger partial charge in [0.25, 0.3) is 5.92 Å². The number of aliphatic hydroxyl groups is 1. The van der Waals surface area contributed by atoms with Gasteiger partial charge in [0.15, 0.2) is 0 Å². The molecule has 0 rings (SSSR count). The lowest BCUT2D eigenvalue weighted by molar-refractivity contribution is -0.0352. The quantitative estimate of drug-likeness (QED) is 0.652. The van der Waals surface area contributed by atoms with Gasteiger partial charge >= 0.3 is 12.2 Å². The predicted octanol–water partition coefficient (Wildman–Crippen LogP) is 1.05. The molecule has 0 aliphatic rings. The number of halogens is 2. The lowest BCUT2D eigenvalue weighted by atomic mass is 10.2. The van der Waals surface area contributed by atoms with E-state index < -0.39 is 42.6 Å². The summed E-state index contributed by atoms with van der Waals surface area (Å²) >= 11 is 0. The Labute approximate surface area is 83.7 Å². The molecule has 6 nitrogen and oxygen atoms in total. The van der Waals surface area contributed by atoms with E-state index in [4.69, 9.17) is 15.3 Å². The van der Waals surface area contributed by atoms with Crippen LogP contribution in [-0.2, 0) is 0 Å². The highest BCUT2D eigenvalue weighted by Crippen LogP contribution is 2.21. The third kappa shape index (κ3) is 5.11. The zero-order valence-electron chi connectivity index (χ0n) is 7.69. The summed E-state index contributed by atoms with van der Waals surface area (Å²) in [6.45, 7) is -1.88. The number of aliphatic hydroxyl groups excluding tert-OH is 1. The summed E-state index contributed by atoms with van der Waals surface area (Å²) in [4.78, 5) is 20.1. The highest BCUT2D eigenvalue weighted by molar-refractivity contribution is 5.85. The van der Waals surface area contributed by atoms with Gasteiger partial charge in [0.2, 0.25) is 0 Å². The Kier molecular flexibility index (Phi) is 4.92. The fourth-order valence-electron chi connectivity index (χ4n) is 0.865. The molecule has 0 aliphatic heterocycles. The molecule has 0 aromatic rings. The maximum absolute atomic E-state index is 12.9. The molecule has 0 saturated carbocycles. The van der Waals surface area contributed by atoms with Crippen LogP contribution in [0.4, 0.5) is 18.4 Å². The van der Waals surface area contributed by atoms with Crippen molar-refractivity contribution in [1.82, 2.24) is 4.90 Å². The number of hydrogen-bond acceptors (Lipinski definition) is 3. The largest absolute Gasteiger partial charge is 0.465 e. The van der Waals surface area contributed by atoms with Gasteiger partial charge < -0.3 is 15.3 Å². The van der Waals surface area contributed by atoms with Crippen LogP contribution in [0.3, 0.4) is 0 Å². The molecular formula is C7H11F2NO5. The molecule has 8 heteroatoms. The zero-order chi connectivity index (χ0) is 12.1. The Morgan fingerprint density at radius 2 is 1.67 bits per heavy atom. The number of amides is 2. The van der Waals surface area contributed by atoms with E-state index in [0.29, 0.717) is 0 Å². The molecule has 0 unspecified atom stereocenters.